The van der Waals surface area contributed by atoms with Gasteiger partial charge in [0.2, 0.25) is 5.91 Å². The molecule has 166 valence electrons. The Bertz CT molecular complexity index is 897. The summed E-state index contributed by atoms with van der Waals surface area (Å²) < 4.78 is 0. The van der Waals surface area contributed by atoms with Crippen molar-refractivity contribution >= 4 is 35.1 Å². The van der Waals surface area contributed by atoms with E-state index in [1.54, 1.807) is 36.2 Å². The molecule has 3 heterocycles. The molecule has 3 aliphatic heterocycles. The number of hydrogen-bond acceptors (Lipinski definition) is 5. The van der Waals surface area contributed by atoms with E-state index in [9.17, 15) is 14.4 Å². The van der Waals surface area contributed by atoms with Crippen LogP contribution in [0, 0.1) is 0 Å². The highest BCUT2D eigenvalue weighted by atomic mass is 35.5. The van der Waals surface area contributed by atoms with Gasteiger partial charge in [-0.3, -0.25) is 9.59 Å². The molecule has 0 spiro atoms. The first-order chi connectivity index (χ1) is 14.8. The van der Waals surface area contributed by atoms with Gasteiger partial charge in [0, 0.05) is 50.1 Å². The van der Waals surface area contributed by atoms with Crippen molar-refractivity contribution in [2.24, 2.45) is 0 Å². The summed E-state index contributed by atoms with van der Waals surface area (Å²) in [6.45, 7) is 2.51. The molecule has 10 heteroatoms. The van der Waals surface area contributed by atoms with Crippen molar-refractivity contribution in [3.63, 3.8) is 0 Å². The number of hydrogen-bond donors (Lipinski definition) is 1. The first kappa shape index (κ1) is 21.3. The van der Waals surface area contributed by atoms with Crippen LogP contribution in [0.4, 0.5) is 10.5 Å². The molecule has 4 amide bonds. The number of amides is 4. The lowest BCUT2D eigenvalue weighted by Gasteiger charge is -2.37. The highest BCUT2D eigenvalue weighted by Gasteiger charge is 2.41. The van der Waals surface area contributed by atoms with E-state index in [0.717, 1.165) is 25.2 Å². The Hall–Kier alpha value is -2.94. The Labute approximate surface area is 186 Å². The van der Waals surface area contributed by atoms with Crippen LogP contribution in [0.15, 0.2) is 36.2 Å². The van der Waals surface area contributed by atoms with Crippen LogP contribution in [0.3, 0.4) is 0 Å². The maximum Gasteiger partial charge on any atom is 0.322 e. The number of carbonyl (C=O) groups is 3. The molecule has 0 radical (unpaired) electrons. The second kappa shape index (κ2) is 8.66. The number of nitrogens with one attached hydrogen (secondary N) is 1. The van der Waals surface area contributed by atoms with E-state index in [1.807, 2.05) is 23.0 Å². The van der Waals surface area contributed by atoms with Crippen molar-refractivity contribution in [1.29, 1.82) is 0 Å². The van der Waals surface area contributed by atoms with E-state index in [1.165, 1.54) is 4.90 Å². The third-order valence-corrected chi connectivity index (χ3v) is 6.20. The zero-order chi connectivity index (χ0) is 22.1. The number of likely N-dealkylation sites (N-methyl/N-ethyl adjacent to an activating group) is 1. The summed E-state index contributed by atoms with van der Waals surface area (Å²) >= 11 is 5.85. The minimum absolute atomic E-state index is 0.000265. The molecule has 0 aromatic heterocycles. The summed E-state index contributed by atoms with van der Waals surface area (Å²) in [5.74, 6) is -0.0161. The second-order valence-electron chi connectivity index (χ2n) is 8.27. The van der Waals surface area contributed by atoms with Gasteiger partial charge in [-0.1, -0.05) is 11.6 Å². The van der Waals surface area contributed by atoms with Gasteiger partial charge in [-0.15, -0.1) is 0 Å². The SMILES string of the molecule is CN1C=C2C(=O)N(C3CCN(C(=O)CN(C)C(=O)Nc4ccc(Cl)cc4)CC3)CN2C1. The zero-order valence-electron chi connectivity index (χ0n) is 17.8. The molecule has 1 N–H and O–H groups in total. The summed E-state index contributed by atoms with van der Waals surface area (Å²) in [4.78, 5) is 46.9. The van der Waals surface area contributed by atoms with Crippen molar-refractivity contribution in [3.8, 4) is 0 Å². The lowest BCUT2D eigenvalue weighted by atomic mass is 10.0. The zero-order valence-corrected chi connectivity index (χ0v) is 18.5. The smallest absolute Gasteiger partial charge is 0.322 e. The number of carbonyl (C=O) groups excluding carboxylic acids is 3. The number of halogens is 1. The predicted molar refractivity (Wildman–Crippen MR) is 117 cm³/mol. The van der Waals surface area contributed by atoms with Crippen LogP contribution in [-0.4, -0.2) is 95.5 Å². The predicted octanol–water partition coefficient (Wildman–Crippen LogP) is 1.64. The van der Waals surface area contributed by atoms with Gasteiger partial charge in [0.25, 0.3) is 5.91 Å². The molecule has 4 rings (SSSR count). The molecule has 0 atom stereocenters. The van der Waals surface area contributed by atoms with E-state index in [2.05, 4.69) is 10.2 Å². The van der Waals surface area contributed by atoms with Gasteiger partial charge in [-0.05, 0) is 37.1 Å². The fourth-order valence-corrected chi connectivity index (χ4v) is 4.34. The molecule has 1 aromatic carbocycles. The molecule has 3 aliphatic rings. The first-order valence-electron chi connectivity index (χ1n) is 10.4. The van der Waals surface area contributed by atoms with Gasteiger partial charge in [0.1, 0.15) is 12.2 Å². The summed E-state index contributed by atoms with van der Waals surface area (Å²) in [5.41, 5.74) is 1.38. The molecule has 1 aromatic rings. The third kappa shape index (κ3) is 4.56. The molecule has 0 aliphatic carbocycles. The molecule has 2 saturated heterocycles. The minimum Gasteiger partial charge on any atom is -0.361 e. The number of anilines is 1. The topological polar surface area (TPSA) is 79.4 Å². The van der Waals surface area contributed by atoms with Gasteiger partial charge in [0.15, 0.2) is 0 Å². The van der Waals surface area contributed by atoms with E-state index >= 15 is 0 Å². The number of rotatable bonds is 4. The van der Waals surface area contributed by atoms with Crippen molar-refractivity contribution in [1.82, 2.24) is 24.5 Å². The lowest BCUT2D eigenvalue weighted by Crippen LogP contribution is -2.50. The van der Waals surface area contributed by atoms with E-state index < -0.39 is 0 Å². The normalized spacial score (nSPS) is 18.9. The van der Waals surface area contributed by atoms with E-state index in [0.29, 0.717) is 30.5 Å². The average molecular weight is 447 g/mol. The van der Waals surface area contributed by atoms with Crippen molar-refractivity contribution < 1.29 is 14.4 Å². The molecular weight excluding hydrogens is 420 g/mol. The number of benzene rings is 1. The summed E-state index contributed by atoms with van der Waals surface area (Å²) in [5, 5.41) is 3.34. The van der Waals surface area contributed by atoms with Gasteiger partial charge < -0.3 is 29.8 Å². The standard InChI is InChI=1S/C21H27ClN6O3/c1-24-11-18-20(30)28(14-27(18)13-24)17-7-9-26(10-8-17)19(29)12-25(2)21(31)23-16-5-3-15(22)4-6-16/h3-6,11,17H,7-10,12-14H2,1-2H3,(H,23,31). The average Bonchev–Trinajstić information content (AvgIpc) is 3.26. The molecule has 31 heavy (non-hydrogen) atoms. The fourth-order valence-electron chi connectivity index (χ4n) is 4.22. The molecule has 0 unspecified atom stereocenters. The molecule has 9 nitrogen and oxygen atoms in total. The van der Waals surface area contributed by atoms with Crippen LogP contribution in [0.2, 0.25) is 5.02 Å². The fraction of sp³-hybridized carbons (Fsp3) is 0.476. The Morgan fingerprint density at radius 3 is 2.48 bits per heavy atom. The van der Waals surface area contributed by atoms with Crippen molar-refractivity contribution in [3.05, 3.63) is 41.2 Å². The number of fused-ring (bicyclic) bond motifs is 1. The quantitative estimate of drug-likeness (QED) is 0.760. The number of piperidine rings is 1. The van der Waals surface area contributed by atoms with Crippen LogP contribution in [-0.2, 0) is 9.59 Å². The molecule has 2 fully saturated rings. The van der Waals surface area contributed by atoms with Gasteiger partial charge in [0.05, 0.1) is 13.3 Å². The van der Waals surface area contributed by atoms with Gasteiger partial charge in [-0.25, -0.2) is 4.79 Å². The van der Waals surface area contributed by atoms with E-state index in [-0.39, 0.29) is 30.4 Å². The maximum absolute atomic E-state index is 12.7. The van der Waals surface area contributed by atoms with Crippen LogP contribution in [0.25, 0.3) is 0 Å². The number of urea groups is 1. The Morgan fingerprint density at radius 1 is 1.16 bits per heavy atom. The molecule has 0 bridgehead atoms. The van der Waals surface area contributed by atoms with Gasteiger partial charge in [-0.2, -0.15) is 0 Å². The second-order valence-corrected chi connectivity index (χ2v) is 8.71. The van der Waals surface area contributed by atoms with Crippen molar-refractivity contribution in [2.75, 3.05) is 52.4 Å². The number of likely N-dealkylation sites (tertiary alicyclic amines) is 1. The van der Waals surface area contributed by atoms with Crippen LogP contribution in [0.1, 0.15) is 12.8 Å². The highest BCUT2D eigenvalue weighted by molar-refractivity contribution is 6.30. The Balaban J connectivity index is 1.25. The largest absolute Gasteiger partial charge is 0.361 e. The van der Waals surface area contributed by atoms with E-state index in [4.69, 9.17) is 11.6 Å². The summed E-state index contributed by atoms with van der Waals surface area (Å²) in [7, 11) is 3.55. The van der Waals surface area contributed by atoms with Crippen LogP contribution < -0.4 is 5.32 Å². The highest BCUT2D eigenvalue weighted by Crippen LogP contribution is 2.29. The van der Waals surface area contributed by atoms with Crippen molar-refractivity contribution in [2.45, 2.75) is 18.9 Å². The lowest BCUT2D eigenvalue weighted by molar-refractivity contribution is -0.134. The Kier molecular flexibility index (Phi) is 5.95. The monoisotopic (exact) mass is 446 g/mol. The minimum atomic E-state index is -0.355. The Morgan fingerprint density at radius 2 is 1.84 bits per heavy atom. The molecular formula is C21H27ClN6O3. The summed E-state index contributed by atoms with van der Waals surface area (Å²) in [6, 6.07) is 6.58. The van der Waals surface area contributed by atoms with Crippen LogP contribution >= 0.6 is 11.6 Å². The maximum atomic E-state index is 12.7. The summed E-state index contributed by atoms with van der Waals surface area (Å²) in [6.07, 6.45) is 3.39. The third-order valence-electron chi connectivity index (χ3n) is 5.95. The first-order valence-corrected chi connectivity index (χ1v) is 10.7. The van der Waals surface area contributed by atoms with Gasteiger partial charge >= 0.3 is 6.03 Å². The molecule has 0 saturated carbocycles. The van der Waals surface area contributed by atoms with Crippen LogP contribution in [0.5, 0.6) is 0 Å². The number of nitrogens with zero attached hydrogens (tertiary/aromatic N) is 5.